The largest absolute Gasteiger partial charge is 0.337 e. The number of fused-ring (bicyclic) bond motifs is 1. The molecule has 0 radical (unpaired) electrons. The molecule has 1 aliphatic heterocycles. The minimum atomic E-state index is 0.100. The molecule has 108 valence electrons. The molecule has 2 fully saturated rings. The number of nitrogens with two attached hydrogens (primary N) is 1. The third-order valence-corrected chi connectivity index (χ3v) is 4.47. The number of hydrogen-bond acceptors (Lipinski definition) is 3. The summed E-state index contributed by atoms with van der Waals surface area (Å²) in [5.41, 5.74) is 8.72. The fraction of sp³-hybridized carbons (Fsp3) is 0.412. The van der Waals surface area contributed by atoms with Gasteiger partial charge in [0.25, 0.3) is 5.91 Å². The number of amides is 1. The zero-order valence-corrected chi connectivity index (χ0v) is 12.0. The molecule has 0 unspecified atom stereocenters. The Hall–Kier alpha value is -1.94. The van der Waals surface area contributed by atoms with E-state index in [-0.39, 0.29) is 11.9 Å². The van der Waals surface area contributed by atoms with Crippen molar-refractivity contribution < 1.29 is 4.79 Å². The molecular weight excluding hydrogens is 262 g/mol. The predicted octanol–water partition coefficient (Wildman–Crippen LogP) is 2.29. The van der Waals surface area contributed by atoms with Crippen molar-refractivity contribution >= 4 is 16.8 Å². The van der Waals surface area contributed by atoms with E-state index in [1.807, 2.05) is 35.2 Å². The maximum absolute atomic E-state index is 12.8. The van der Waals surface area contributed by atoms with Crippen LogP contribution in [0.5, 0.6) is 0 Å². The number of nitrogens with zero attached hydrogens (tertiary/aromatic N) is 2. The first-order valence-corrected chi connectivity index (χ1v) is 7.67. The van der Waals surface area contributed by atoms with Crippen LogP contribution in [-0.2, 0) is 0 Å². The summed E-state index contributed by atoms with van der Waals surface area (Å²) >= 11 is 0. The maximum Gasteiger partial charge on any atom is 0.254 e. The monoisotopic (exact) mass is 281 g/mol. The Morgan fingerprint density at radius 3 is 2.76 bits per heavy atom. The van der Waals surface area contributed by atoms with Crippen LogP contribution in [0.3, 0.4) is 0 Å². The van der Waals surface area contributed by atoms with Crippen molar-refractivity contribution in [2.45, 2.75) is 31.2 Å². The Morgan fingerprint density at radius 2 is 2.05 bits per heavy atom. The van der Waals surface area contributed by atoms with Crippen LogP contribution >= 0.6 is 0 Å². The molecule has 1 amide bonds. The highest BCUT2D eigenvalue weighted by Gasteiger charge is 2.29. The summed E-state index contributed by atoms with van der Waals surface area (Å²) in [4.78, 5) is 19.4. The second-order valence-corrected chi connectivity index (χ2v) is 6.19. The molecule has 4 heteroatoms. The number of carbonyl (C=O) groups is 1. The highest BCUT2D eigenvalue weighted by molar-refractivity contribution is 6.06. The molecule has 4 rings (SSSR count). The Balaban J connectivity index is 1.80. The van der Waals surface area contributed by atoms with Crippen LogP contribution in [0.1, 0.15) is 41.2 Å². The van der Waals surface area contributed by atoms with Gasteiger partial charge in [0, 0.05) is 36.1 Å². The van der Waals surface area contributed by atoms with Crippen molar-refractivity contribution in [3.63, 3.8) is 0 Å². The number of aromatic nitrogens is 1. The predicted molar refractivity (Wildman–Crippen MR) is 82.2 cm³/mol. The number of para-hydroxylation sites is 1. The summed E-state index contributed by atoms with van der Waals surface area (Å²) in [5.74, 6) is 0.644. The normalized spacial score (nSPS) is 22.0. The molecule has 2 N–H and O–H groups in total. The van der Waals surface area contributed by atoms with Gasteiger partial charge in [0.1, 0.15) is 0 Å². The second-order valence-electron chi connectivity index (χ2n) is 6.19. The first-order valence-electron chi connectivity index (χ1n) is 7.67. The van der Waals surface area contributed by atoms with Gasteiger partial charge in [-0.1, -0.05) is 18.2 Å². The number of rotatable bonds is 2. The van der Waals surface area contributed by atoms with Gasteiger partial charge in [-0.2, -0.15) is 0 Å². The molecule has 0 spiro atoms. The van der Waals surface area contributed by atoms with Crippen LogP contribution in [0.2, 0.25) is 0 Å². The average molecular weight is 281 g/mol. The van der Waals surface area contributed by atoms with Gasteiger partial charge in [0.2, 0.25) is 0 Å². The molecule has 21 heavy (non-hydrogen) atoms. The van der Waals surface area contributed by atoms with E-state index >= 15 is 0 Å². The number of benzene rings is 1. The number of carbonyl (C=O) groups excluding carboxylic acids is 1. The lowest BCUT2D eigenvalue weighted by atomic mass is 10.0. The SMILES string of the molecule is N[C@@H]1CCN(C(=O)c2cc(C3CC3)nc3ccccc23)C1. The molecule has 4 nitrogen and oxygen atoms in total. The average Bonchev–Trinajstić information content (AvgIpc) is 3.27. The van der Waals surface area contributed by atoms with Crippen LogP contribution in [0.15, 0.2) is 30.3 Å². The van der Waals surface area contributed by atoms with Gasteiger partial charge in [-0.05, 0) is 31.4 Å². The Morgan fingerprint density at radius 1 is 1.24 bits per heavy atom. The molecule has 1 aromatic heterocycles. The summed E-state index contributed by atoms with van der Waals surface area (Å²) in [7, 11) is 0. The lowest BCUT2D eigenvalue weighted by Crippen LogP contribution is -2.32. The van der Waals surface area contributed by atoms with Crippen molar-refractivity contribution in [3.05, 3.63) is 41.6 Å². The van der Waals surface area contributed by atoms with E-state index in [0.717, 1.165) is 35.1 Å². The minimum Gasteiger partial charge on any atom is -0.337 e. The van der Waals surface area contributed by atoms with Crippen LogP contribution in [0.4, 0.5) is 0 Å². The van der Waals surface area contributed by atoms with Crippen LogP contribution in [0.25, 0.3) is 10.9 Å². The molecule has 1 atom stereocenters. The van der Waals surface area contributed by atoms with Crippen molar-refractivity contribution in [2.75, 3.05) is 13.1 Å². The van der Waals surface area contributed by atoms with Crippen molar-refractivity contribution in [2.24, 2.45) is 5.73 Å². The van der Waals surface area contributed by atoms with Crippen LogP contribution in [-0.4, -0.2) is 34.9 Å². The summed E-state index contributed by atoms with van der Waals surface area (Å²) in [5, 5.41) is 0.951. The molecule has 2 aliphatic rings. The Kier molecular flexibility index (Phi) is 2.93. The van der Waals surface area contributed by atoms with Crippen LogP contribution < -0.4 is 5.73 Å². The number of likely N-dealkylation sites (tertiary alicyclic amines) is 1. The highest BCUT2D eigenvalue weighted by Crippen LogP contribution is 2.40. The molecule has 2 heterocycles. The zero-order chi connectivity index (χ0) is 14.4. The molecule has 1 aromatic carbocycles. The van der Waals surface area contributed by atoms with Gasteiger partial charge in [0.15, 0.2) is 0 Å². The third-order valence-electron chi connectivity index (χ3n) is 4.47. The minimum absolute atomic E-state index is 0.100. The van der Waals surface area contributed by atoms with Crippen LogP contribution in [0, 0.1) is 0 Å². The second kappa shape index (κ2) is 4.81. The smallest absolute Gasteiger partial charge is 0.254 e. The lowest BCUT2D eigenvalue weighted by molar-refractivity contribution is 0.0792. The van der Waals surface area contributed by atoms with E-state index in [4.69, 9.17) is 10.7 Å². The van der Waals surface area contributed by atoms with Crippen molar-refractivity contribution in [1.82, 2.24) is 9.88 Å². The maximum atomic E-state index is 12.8. The zero-order valence-electron chi connectivity index (χ0n) is 12.0. The topological polar surface area (TPSA) is 59.2 Å². The molecule has 2 aromatic rings. The molecule has 0 bridgehead atoms. The van der Waals surface area contributed by atoms with Gasteiger partial charge in [-0.3, -0.25) is 9.78 Å². The van der Waals surface area contributed by atoms with E-state index < -0.39 is 0 Å². The van der Waals surface area contributed by atoms with E-state index in [9.17, 15) is 4.79 Å². The molecule has 1 saturated heterocycles. The standard InChI is InChI=1S/C17H19N3O/c18-12-7-8-20(10-12)17(21)14-9-16(11-5-6-11)19-15-4-2-1-3-13(14)15/h1-4,9,11-12H,5-8,10,18H2/t12-/m1/s1. The Bertz CT molecular complexity index is 708. The fourth-order valence-corrected chi connectivity index (χ4v) is 3.10. The van der Waals surface area contributed by atoms with Gasteiger partial charge in [-0.15, -0.1) is 0 Å². The third kappa shape index (κ3) is 2.29. The first kappa shape index (κ1) is 12.8. The van der Waals surface area contributed by atoms with E-state index in [2.05, 4.69) is 0 Å². The highest BCUT2D eigenvalue weighted by atomic mass is 16.2. The first-order chi connectivity index (χ1) is 10.2. The van der Waals surface area contributed by atoms with Crippen molar-refractivity contribution in [3.8, 4) is 0 Å². The Labute approximate surface area is 124 Å². The summed E-state index contributed by atoms with van der Waals surface area (Å²) < 4.78 is 0. The van der Waals surface area contributed by atoms with Gasteiger partial charge in [0.05, 0.1) is 11.1 Å². The fourth-order valence-electron chi connectivity index (χ4n) is 3.10. The quantitative estimate of drug-likeness (QED) is 0.918. The molecular formula is C17H19N3O. The number of pyridine rings is 1. The summed E-state index contributed by atoms with van der Waals surface area (Å²) in [6.07, 6.45) is 3.27. The van der Waals surface area contributed by atoms with Crippen molar-refractivity contribution in [1.29, 1.82) is 0 Å². The van der Waals surface area contributed by atoms with Gasteiger partial charge in [-0.25, -0.2) is 0 Å². The summed E-state index contributed by atoms with van der Waals surface area (Å²) in [6.45, 7) is 1.42. The van der Waals surface area contributed by atoms with E-state index in [1.165, 1.54) is 12.8 Å². The van der Waals surface area contributed by atoms with Gasteiger partial charge >= 0.3 is 0 Å². The van der Waals surface area contributed by atoms with E-state index in [1.54, 1.807) is 0 Å². The molecule has 1 saturated carbocycles. The van der Waals surface area contributed by atoms with E-state index in [0.29, 0.717) is 12.5 Å². The molecule has 1 aliphatic carbocycles. The lowest BCUT2D eigenvalue weighted by Gasteiger charge is -2.17. The van der Waals surface area contributed by atoms with Gasteiger partial charge < -0.3 is 10.6 Å². The number of hydrogen-bond donors (Lipinski definition) is 1. The summed E-state index contributed by atoms with van der Waals surface area (Å²) in [6, 6.07) is 10.0.